The summed E-state index contributed by atoms with van der Waals surface area (Å²) in [6.07, 6.45) is 0. The van der Waals surface area contributed by atoms with Crippen LogP contribution in [-0.2, 0) is 7.05 Å². The Morgan fingerprint density at radius 3 is 2.36 bits per heavy atom. The predicted octanol–water partition coefficient (Wildman–Crippen LogP) is 3.30. The summed E-state index contributed by atoms with van der Waals surface area (Å²) in [5, 5.41) is 1.48. The van der Waals surface area contributed by atoms with E-state index in [-0.39, 0.29) is 0 Å². The van der Waals surface area contributed by atoms with Crippen LogP contribution in [0.5, 0.6) is 0 Å². The number of aryl methyl sites for hydroxylation is 1. The Morgan fingerprint density at radius 1 is 1.14 bits per heavy atom. The van der Waals surface area contributed by atoms with Gasteiger partial charge in [-0.3, -0.25) is 0 Å². The zero-order valence-electron chi connectivity index (χ0n) is 9.20. The van der Waals surface area contributed by atoms with Crippen molar-refractivity contribution in [3.05, 3.63) is 24.3 Å². The molecule has 3 heteroatoms. The van der Waals surface area contributed by atoms with E-state index < -0.39 is 18.4 Å². The van der Waals surface area contributed by atoms with Crippen molar-refractivity contribution in [3.63, 3.8) is 0 Å². The average Bonchev–Trinajstić information content (AvgIpc) is 2.44. The molecule has 0 atom stereocenters. The van der Waals surface area contributed by atoms with Crippen molar-refractivity contribution in [2.45, 2.75) is 14.8 Å². The number of para-hydroxylation sites is 1. The van der Waals surface area contributed by atoms with E-state index in [9.17, 15) is 0 Å². The SMILES string of the molecule is Cn1[c]([Sn]([CH3])([CH3])[CH3])pc2ccccc21. The first-order valence-electron chi connectivity index (χ1n) is 4.92. The average molecular weight is 312 g/mol. The number of aromatic nitrogens is 1. The second kappa shape index (κ2) is 3.53. The van der Waals surface area contributed by atoms with Gasteiger partial charge >= 0.3 is 91.3 Å². The number of hydrogen-bond acceptors (Lipinski definition) is 0. The molecule has 14 heavy (non-hydrogen) atoms. The first-order chi connectivity index (χ1) is 6.50. The molecule has 0 amide bonds. The summed E-state index contributed by atoms with van der Waals surface area (Å²) in [6.45, 7) is 0. The predicted molar refractivity (Wildman–Crippen MR) is 68.4 cm³/mol. The molecule has 0 spiro atoms. The summed E-state index contributed by atoms with van der Waals surface area (Å²) in [7, 11) is 3.68. The van der Waals surface area contributed by atoms with Gasteiger partial charge < -0.3 is 0 Å². The fourth-order valence-corrected chi connectivity index (χ4v) is 10.3. The van der Waals surface area contributed by atoms with Gasteiger partial charge in [-0.2, -0.15) is 0 Å². The van der Waals surface area contributed by atoms with Crippen LogP contribution in [0.15, 0.2) is 24.3 Å². The van der Waals surface area contributed by atoms with Gasteiger partial charge in [0.25, 0.3) is 0 Å². The monoisotopic (exact) mass is 313 g/mol. The van der Waals surface area contributed by atoms with E-state index in [0.29, 0.717) is 0 Å². The number of rotatable bonds is 1. The fourth-order valence-electron chi connectivity index (χ4n) is 1.82. The molecule has 0 radical (unpaired) electrons. The molecular weight excluding hydrogens is 296 g/mol. The van der Waals surface area contributed by atoms with Gasteiger partial charge in [-0.05, 0) is 0 Å². The van der Waals surface area contributed by atoms with E-state index in [1.807, 2.05) is 0 Å². The number of nitrogens with zero attached hydrogens (tertiary/aromatic N) is 1. The molecule has 0 aliphatic heterocycles. The van der Waals surface area contributed by atoms with Crippen LogP contribution in [0.1, 0.15) is 0 Å². The Labute approximate surface area is 91.1 Å². The molecule has 0 N–H and O–H groups in total. The number of hydrogen-bond donors (Lipinski definition) is 0. The number of fused-ring (bicyclic) bond motifs is 1. The van der Waals surface area contributed by atoms with Crippen molar-refractivity contribution in [3.8, 4) is 0 Å². The van der Waals surface area contributed by atoms with Gasteiger partial charge in [-0.1, -0.05) is 0 Å². The minimum atomic E-state index is -1.88. The van der Waals surface area contributed by atoms with Crippen LogP contribution in [0, 0.1) is 0 Å². The molecule has 0 aliphatic carbocycles. The fraction of sp³-hybridized carbons (Fsp3) is 0.364. The molecule has 0 saturated heterocycles. The third-order valence-electron chi connectivity index (χ3n) is 2.46. The summed E-state index contributed by atoms with van der Waals surface area (Å²) >= 11 is -1.88. The van der Waals surface area contributed by atoms with Crippen molar-refractivity contribution >= 4 is 40.6 Å². The summed E-state index contributed by atoms with van der Waals surface area (Å²) in [4.78, 5) is 7.46. The van der Waals surface area contributed by atoms with Crippen LogP contribution in [0.4, 0.5) is 0 Å². The Hall–Kier alpha value is -0.0113. The van der Waals surface area contributed by atoms with Gasteiger partial charge in [0.1, 0.15) is 0 Å². The van der Waals surface area contributed by atoms with Crippen LogP contribution in [0.2, 0.25) is 14.8 Å². The minimum absolute atomic E-state index is 1.41. The standard InChI is InChI=1S/C8H7NP.3CH3.Sn/c1-9-6-10-8-5-3-2-4-7(8)9;;;;/h2-5H,1H3;3*1H3;. The maximum absolute atomic E-state index is 2.49. The summed E-state index contributed by atoms with van der Waals surface area (Å²) < 4.78 is 4.12. The zero-order valence-corrected chi connectivity index (χ0v) is 13.0. The van der Waals surface area contributed by atoms with Gasteiger partial charge in [0, 0.05) is 0 Å². The van der Waals surface area contributed by atoms with Crippen LogP contribution >= 0.6 is 8.19 Å². The molecule has 0 saturated carbocycles. The third-order valence-corrected chi connectivity index (χ3v) is 13.8. The van der Waals surface area contributed by atoms with E-state index >= 15 is 0 Å². The van der Waals surface area contributed by atoms with Gasteiger partial charge in [-0.15, -0.1) is 0 Å². The van der Waals surface area contributed by atoms with E-state index in [1.54, 1.807) is 3.44 Å². The molecule has 74 valence electrons. The van der Waals surface area contributed by atoms with Crippen molar-refractivity contribution in [2.24, 2.45) is 7.05 Å². The molecule has 0 unspecified atom stereocenters. The molecule has 2 aromatic rings. The molecule has 0 bridgehead atoms. The maximum atomic E-state index is 2.49. The van der Waals surface area contributed by atoms with Crippen LogP contribution in [-0.4, -0.2) is 22.9 Å². The Morgan fingerprint density at radius 2 is 1.79 bits per heavy atom. The van der Waals surface area contributed by atoms with Gasteiger partial charge in [0.15, 0.2) is 0 Å². The molecule has 1 heterocycles. The summed E-state index contributed by atoms with van der Waals surface area (Å²) in [6, 6.07) is 8.75. The van der Waals surface area contributed by atoms with E-state index in [2.05, 4.69) is 50.7 Å². The van der Waals surface area contributed by atoms with Crippen molar-refractivity contribution in [1.82, 2.24) is 4.57 Å². The summed E-state index contributed by atoms with van der Waals surface area (Å²) in [5.74, 6) is 0. The summed E-state index contributed by atoms with van der Waals surface area (Å²) in [5.41, 5.74) is 1.41. The van der Waals surface area contributed by atoms with Gasteiger partial charge in [0.05, 0.1) is 0 Å². The molecule has 0 aliphatic rings. The van der Waals surface area contributed by atoms with Gasteiger partial charge in [0.2, 0.25) is 0 Å². The van der Waals surface area contributed by atoms with Crippen molar-refractivity contribution in [1.29, 1.82) is 0 Å². The van der Waals surface area contributed by atoms with Crippen LogP contribution in [0.3, 0.4) is 0 Å². The van der Waals surface area contributed by atoms with Crippen LogP contribution < -0.4 is 3.44 Å². The first kappa shape index (κ1) is 10.5. The Kier molecular flexibility index (Phi) is 2.65. The second-order valence-electron chi connectivity index (χ2n) is 4.73. The van der Waals surface area contributed by atoms with E-state index in [4.69, 9.17) is 0 Å². The van der Waals surface area contributed by atoms with Gasteiger partial charge in [-0.25, -0.2) is 0 Å². The molecule has 1 nitrogen and oxygen atoms in total. The molecule has 1 aromatic heterocycles. The van der Waals surface area contributed by atoms with Crippen molar-refractivity contribution in [2.75, 3.05) is 0 Å². The number of benzene rings is 1. The Balaban J connectivity index is 2.75. The topological polar surface area (TPSA) is 4.93 Å². The molecular formula is C11H16NPSn. The Bertz CT molecular complexity index is 468. The first-order valence-corrected chi connectivity index (χ1v) is 15.8. The molecule has 0 fully saturated rings. The molecule has 2 rings (SSSR count). The normalized spacial score (nSPS) is 12.9. The molecule has 1 aromatic carbocycles. The van der Waals surface area contributed by atoms with E-state index in [1.165, 1.54) is 18.8 Å². The zero-order chi connectivity index (χ0) is 10.3. The quantitative estimate of drug-likeness (QED) is 0.712. The third kappa shape index (κ3) is 1.72. The second-order valence-corrected chi connectivity index (χ2v) is 21.3. The van der Waals surface area contributed by atoms with Crippen molar-refractivity contribution < 1.29 is 0 Å². The van der Waals surface area contributed by atoms with Crippen LogP contribution in [0.25, 0.3) is 10.6 Å². The van der Waals surface area contributed by atoms with E-state index in [0.717, 1.165) is 0 Å².